The Hall–Kier alpha value is -2.10. The van der Waals surface area contributed by atoms with Gasteiger partial charge in [0.1, 0.15) is 0 Å². The van der Waals surface area contributed by atoms with Crippen LogP contribution in [0.2, 0.25) is 0 Å². The van der Waals surface area contributed by atoms with Gasteiger partial charge in [-0.3, -0.25) is 0 Å². The number of nitrogens with zero attached hydrogens (tertiary/aromatic N) is 2. The summed E-state index contributed by atoms with van der Waals surface area (Å²) < 4.78 is 1.34. The molecule has 0 amide bonds. The molecule has 0 radical (unpaired) electrons. The van der Waals surface area contributed by atoms with E-state index in [1.54, 1.807) is 36.4 Å². The third-order valence-electron chi connectivity index (χ3n) is 1.91. The fraction of sp³-hybridized carbons (Fsp3) is 0. The van der Waals surface area contributed by atoms with Crippen molar-refractivity contribution < 1.29 is 9.46 Å². The molecule has 0 bridgehead atoms. The largest absolute Gasteiger partial charge is 0.618 e. The van der Waals surface area contributed by atoms with E-state index in [2.05, 4.69) is 0 Å². The number of aromatic nitrogens is 2. The molecule has 0 spiro atoms. The number of hydrogen-bond donors (Lipinski definition) is 0. The first-order valence-corrected chi connectivity index (χ1v) is 4.16. The van der Waals surface area contributed by atoms with Crippen LogP contribution < -0.4 is 9.46 Å². The Balaban J connectivity index is 2.61. The first kappa shape index (κ1) is 8.50. The highest BCUT2D eigenvalue weighted by Crippen LogP contribution is 2.08. The molecule has 2 aromatic heterocycles. The second kappa shape index (κ2) is 3.33. The molecule has 0 aromatic carbocycles. The van der Waals surface area contributed by atoms with Crippen molar-refractivity contribution in [3.05, 3.63) is 59.2 Å². The molecule has 0 aliphatic rings. The van der Waals surface area contributed by atoms with Crippen molar-refractivity contribution in [2.75, 3.05) is 0 Å². The van der Waals surface area contributed by atoms with Crippen LogP contribution >= 0.6 is 0 Å². The summed E-state index contributed by atoms with van der Waals surface area (Å²) in [6.45, 7) is 0. The monoisotopic (exact) mass is 188 g/mol. The molecule has 0 N–H and O–H groups in total. The Morgan fingerprint density at radius 3 is 1.50 bits per heavy atom. The van der Waals surface area contributed by atoms with Gasteiger partial charge in [0, 0.05) is 24.3 Å². The molecule has 4 heteroatoms. The summed E-state index contributed by atoms with van der Waals surface area (Å²) in [5, 5.41) is 22.7. The molecule has 0 aliphatic carbocycles. The van der Waals surface area contributed by atoms with Gasteiger partial charge in [-0.15, -0.1) is 0 Å². The fourth-order valence-electron chi connectivity index (χ4n) is 1.25. The van der Waals surface area contributed by atoms with Crippen LogP contribution in [0.4, 0.5) is 0 Å². The summed E-state index contributed by atoms with van der Waals surface area (Å²) in [5.41, 5.74) is 0.700. The van der Waals surface area contributed by atoms with E-state index < -0.39 is 0 Å². The van der Waals surface area contributed by atoms with Crippen LogP contribution in [0.15, 0.2) is 48.8 Å². The lowest BCUT2D eigenvalue weighted by Gasteiger charge is -2.03. The second-order valence-electron chi connectivity index (χ2n) is 2.82. The number of rotatable bonds is 1. The maximum atomic E-state index is 11.3. The quantitative estimate of drug-likeness (QED) is 0.486. The molecule has 2 aromatic rings. The van der Waals surface area contributed by atoms with E-state index in [0.29, 0.717) is 20.8 Å². The van der Waals surface area contributed by atoms with Gasteiger partial charge < -0.3 is 10.4 Å². The van der Waals surface area contributed by atoms with E-state index in [4.69, 9.17) is 0 Å². The van der Waals surface area contributed by atoms with Crippen molar-refractivity contribution in [1.29, 1.82) is 0 Å². The van der Waals surface area contributed by atoms with Crippen LogP contribution in [-0.4, -0.2) is 0 Å². The van der Waals surface area contributed by atoms with Gasteiger partial charge in [0.05, 0.1) is 0 Å². The van der Waals surface area contributed by atoms with E-state index >= 15 is 0 Å². The fourth-order valence-corrected chi connectivity index (χ4v) is 1.25. The first-order valence-electron chi connectivity index (χ1n) is 4.16. The van der Waals surface area contributed by atoms with Crippen LogP contribution in [-0.2, 0) is 0 Å². The van der Waals surface area contributed by atoms with Gasteiger partial charge in [0.15, 0.2) is 12.4 Å². The molecular formula is C10H8N2O2. The van der Waals surface area contributed by atoms with Crippen LogP contribution in [0.5, 0.6) is 0 Å². The molecule has 0 saturated carbocycles. The molecule has 2 heterocycles. The van der Waals surface area contributed by atoms with E-state index in [9.17, 15) is 10.4 Å². The standard InChI is InChI=1S/C10H8N2O2/c13-11-7-3-1-5-9(11)10-6-2-4-8-12(10)14/h1-8H. The van der Waals surface area contributed by atoms with Gasteiger partial charge in [0.2, 0.25) is 0 Å². The maximum Gasteiger partial charge on any atom is 0.289 e. The predicted molar refractivity (Wildman–Crippen MR) is 49.8 cm³/mol. The highest BCUT2D eigenvalue weighted by atomic mass is 16.5. The summed E-state index contributed by atoms with van der Waals surface area (Å²) in [6, 6.07) is 9.89. The molecule has 2 rings (SSSR count). The molecule has 0 aliphatic heterocycles. The van der Waals surface area contributed by atoms with Crippen molar-refractivity contribution in [2.24, 2.45) is 0 Å². The minimum absolute atomic E-state index is 0.350. The Labute approximate surface area is 80.8 Å². The van der Waals surface area contributed by atoms with Gasteiger partial charge in [-0.25, -0.2) is 0 Å². The summed E-state index contributed by atoms with van der Waals surface area (Å²) >= 11 is 0. The van der Waals surface area contributed by atoms with Gasteiger partial charge in [-0.2, -0.15) is 9.46 Å². The minimum Gasteiger partial charge on any atom is -0.618 e. The molecule has 0 saturated heterocycles. The van der Waals surface area contributed by atoms with Crippen molar-refractivity contribution in [3.8, 4) is 11.4 Å². The third-order valence-corrected chi connectivity index (χ3v) is 1.91. The topological polar surface area (TPSA) is 53.9 Å². The molecule has 14 heavy (non-hydrogen) atoms. The summed E-state index contributed by atoms with van der Waals surface area (Å²) in [4.78, 5) is 0. The van der Waals surface area contributed by atoms with Crippen molar-refractivity contribution >= 4 is 0 Å². The highest BCUT2D eigenvalue weighted by molar-refractivity contribution is 5.45. The smallest absolute Gasteiger partial charge is 0.289 e. The molecule has 0 fully saturated rings. The van der Waals surface area contributed by atoms with Crippen molar-refractivity contribution in [2.45, 2.75) is 0 Å². The SMILES string of the molecule is [O-][n+]1ccccc1-c1cccc[n+]1[O-]. The van der Waals surface area contributed by atoms with Gasteiger partial charge >= 0.3 is 0 Å². The van der Waals surface area contributed by atoms with Gasteiger partial charge in [0.25, 0.3) is 11.4 Å². The molecule has 0 unspecified atom stereocenters. The average Bonchev–Trinajstić information content (AvgIpc) is 2.20. The average molecular weight is 188 g/mol. The summed E-state index contributed by atoms with van der Waals surface area (Å²) in [7, 11) is 0. The third kappa shape index (κ3) is 1.37. The molecule has 70 valence electrons. The van der Waals surface area contributed by atoms with Crippen molar-refractivity contribution in [3.63, 3.8) is 0 Å². The van der Waals surface area contributed by atoms with Crippen LogP contribution in [0.1, 0.15) is 0 Å². The lowest BCUT2D eigenvalue weighted by atomic mass is 10.2. The number of hydrogen-bond acceptors (Lipinski definition) is 2. The van der Waals surface area contributed by atoms with E-state index in [-0.39, 0.29) is 0 Å². The lowest BCUT2D eigenvalue weighted by Crippen LogP contribution is -2.36. The number of pyridine rings is 2. The Morgan fingerprint density at radius 2 is 1.14 bits per heavy atom. The first-order chi connectivity index (χ1) is 6.79. The zero-order chi connectivity index (χ0) is 9.97. The zero-order valence-corrected chi connectivity index (χ0v) is 7.33. The summed E-state index contributed by atoms with van der Waals surface area (Å²) in [5.74, 6) is 0. The Morgan fingerprint density at radius 1 is 0.714 bits per heavy atom. The van der Waals surface area contributed by atoms with Crippen LogP contribution in [0.3, 0.4) is 0 Å². The molecule has 0 atom stereocenters. The van der Waals surface area contributed by atoms with Crippen molar-refractivity contribution in [1.82, 2.24) is 0 Å². The predicted octanol–water partition coefficient (Wildman–Crippen LogP) is 0.620. The van der Waals surface area contributed by atoms with E-state index in [1.165, 1.54) is 12.4 Å². The lowest BCUT2D eigenvalue weighted by molar-refractivity contribution is -0.625. The zero-order valence-electron chi connectivity index (χ0n) is 7.33. The van der Waals surface area contributed by atoms with Gasteiger partial charge in [-0.1, -0.05) is 0 Å². The Kier molecular flexibility index (Phi) is 2.02. The highest BCUT2D eigenvalue weighted by Gasteiger charge is 2.15. The van der Waals surface area contributed by atoms with E-state index in [0.717, 1.165) is 0 Å². The molecular weight excluding hydrogens is 180 g/mol. The Bertz CT molecular complexity index is 414. The van der Waals surface area contributed by atoms with Gasteiger partial charge in [-0.05, 0) is 12.1 Å². The van der Waals surface area contributed by atoms with E-state index in [1.807, 2.05) is 0 Å². The normalized spacial score (nSPS) is 10.0. The minimum atomic E-state index is 0.350. The maximum absolute atomic E-state index is 11.3. The summed E-state index contributed by atoms with van der Waals surface area (Å²) in [6.07, 6.45) is 2.73. The molecule has 4 nitrogen and oxygen atoms in total. The van der Waals surface area contributed by atoms with Crippen LogP contribution in [0, 0.1) is 10.4 Å². The second-order valence-corrected chi connectivity index (χ2v) is 2.82. The van der Waals surface area contributed by atoms with Crippen LogP contribution in [0.25, 0.3) is 11.4 Å².